The highest BCUT2D eigenvalue weighted by atomic mass is 35.5. The van der Waals surface area contributed by atoms with Crippen molar-refractivity contribution < 1.29 is 9.59 Å². The average molecular weight is 385 g/mol. The Morgan fingerprint density at radius 3 is 2.33 bits per heavy atom. The summed E-state index contributed by atoms with van der Waals surface area (Å²) in [6.07, 6.45) is 0.690. The summed E-state index contributed by atoms with van der Waals surface area (Å²) in [5, 5.41) is 5.25. The number of carbonyl (C=O) groups is 2. The fraction of sp³-hybridized carbons (Fsp3) is 0.158. The van der Waals surface area contributed by atoms with Crippen LogP contribution in [0.15, 0.2) is 53.3 Å². The number of halogens is 1. The first-order valence-electron chi connectivity index (χ1n) is 8.38. The van der Waals surface area contributed by atoms with Gasteiger partial charge < -0.3 is 0 Å². The third-order valence-electron chi connectivity index (χ3n) is 3.93. The maximum absolute atomic E-state index is 12.6. The predicted molar refractivity (Wildman–Crippen MR) is 103 cm³/mol. The zero-order valence-electron chi connectivity index (χ0n) is 14.5. The average Bonchev–Trinajstić information content (AvgIpc) is 2.68. The smallest absolute Gasteiger partial charge is 0.267 e. The van der Waals surface area contributed by atoms with Gasteiger partial charge in [-0.2, -0.15) is 5.10 Å². The van der Waals surface area contributed by atoms with Crippen molar-refractivity contribution >= 4 is 34.2 Å². The number of hydrazine groups is 1. The Balaban J connectivity index is 1.89. The van der Waals surface area contributed by atoms with Gasteiger partial charge in [-0.1, -0.05) is 48.9 Å². The molecule has 7 nitrogen and oxygen atoms in total. The lowest BCUT2D eigenvalue weighted by Gasteiger charge is -2.11. The van der Waals surface area contributed by atoms with Crippen molar-refractivity contribution in [3.8, 4) is 0 Å². The van der Waals surface area contributed by atoms with E-state index in [1.54, 1.807) is 48.5 Å². The second-order valence-electron chi connectivity index (χ2n) is 5.81. The molecule has 0 unspecified atom stereocenters. The van der Waals surface area contributed by atoms with Gasteiger partial charge in [-0.3, -0.25) is 25.2 Å². The fourth-order valence-electron chi connectivity index (χ4n) is 2.65. The number of aromatic nitrogens is 2. The minimum Gasteiger partial charge on any atom is -0.267 e. The number of aryl methyl sites for hydroxylation is 1. The molecule has 2 N–H and O–H groups in total. The van der Waals surface area contributed by atoms with Crippen LogP contribution in [0.1, 0.15) is 34.2 Å². The van der Waals surface area contributed by atoms with Crippen LogP contribution in [0.25, 0.3) is 10.8 Å². The van der Waals surface area contributed by atoms with Gasteiger partial charge in [0.05, 0.1) is 16.0 Å². The molecule has 138 valence electrons. The molecule has 0 saturated heterocycles. The molecule has 27 heavy (non-hydrogen) atoms. The Morgan fingerprint density at radius 1 is 1.00 bits per heavy atom. The van der Waals surface area contributed by atoms with Crippen LogP contribution in [-0.2, 0) is 6.54 Å². The van der Waals surface area contributed by atoms with Crippen LogP contribution < -0.4 is 16.4 Å². The lowest BCUT2D eigenvalue weighted by Crippen LogP contribution is -2.43. The maximum Gasteiger partial charge on any atom is 0.290 e. The molecular formula is C19H17ClN4O3. The second-order valence-corrected chi connectivity index (χ2v) is 6.22. The lowest BCUT2D eigenvalue weighted by molar-refractivity contribution is 0.0843. The number of hydrogen-bond donors (Lipinski definition) is 2. The zero-order valence-corrected chi connectivity index (χ0v) is 15.3. The van der Waals surface area contributed by atoms with Gasteiger partial charge >= 0.3 is 0 Å². The van der Waals surface area contributed by atoms with Gasteiger partial charge in [0.1, 0.15) is 0 Å². The van der Waals surface area contributed by atoms with E-state index < -0.39 is 11.8 Å². The monoisotopic (exact) mass is 384 g/mol. The molecule has 0 aliphatic rings. The highest BCUT2D eigenvalue weighted by Crippen LogP contribution is 2.15. The molecule has 2 aromatic carbocycles. The predicted octanol–water partition coefficient (Wildman–Crippen LogP) is 2.53. The Labute approximate surface area is 159 Å². The van der Waals surface area contributed by atoms with Gasteiger partial charge in [0.15, 0.2) is 5.69 Å². The molecule has 0 aliphatic carbocycles. The van der Waals surface area contributed by atoms with Crippen molar-refractivity contribution in [2.24, 2.45) is 0 Å². The highest BCUT2D eigenvalue weighted by molar-refractivity contribution is 6.33. The minimum absolute atomic E-state index is 0.0538. The van der Waals surface area contributed by atoms with E-state index in [0.717, 1.165) is 0 Å². The molecule has 1 aromatic heterocycles. The van der Waals surface area contributed by atoms with E-state index >= 15 is 0 Å². The van der Waals surface area contributed by atoms with Crippen LogP contribution in [0.2, 0.25) is 5.02 Å². The number of rotatable bonds is 4. The van der Waals surface area contributed by atoms with Gasteiger partial charge in [0, 0.05) is 11.9 Å². The van der Waals surface area contributed by atoms with Crippen molar-refractivity contribution in [3.05, 3.63) is 75.2 Å². The third-order valence-corrected chi connectivity index (χ3v) is 4.26. The van der Waals surface area contributed by atoms with Crippen LogP contribution in [0, 0.1) is 0 Å². The van der Waals surface area contributed by atoms with Crippen molar-refractivity contribution in [3.63, 3.8) is 0 Å². The Kier molecular flexibility index (Phi) is 5.52. The van der Waals surface area contributed by atoms with Gasteiger partial charge in [-0.05, 0) is 24.6 Å². The van der Waals surface area contributed by atoms with E-state index in [0.29, 0.717) is 23.7 Å². The summed E-state index contributed by atoms with van der Waals surface area (Å²) in [6, 6.07) is 13.2. The first-order chi connectivity index (χ1) is 13.0. The molecule has 3 aromatic rings. The zero-order chi connectivity index (χ0) is 19.4. The number of nitrogens with one attached hydrogen (secondary N) is 2. The molecule has 0 fully saturated rings. The minimum atomic E-state index is -0.628. The normalized spacial score (nSPS) is 10.6. The van der Waals surface area contributed by atoms with Crippen molar-refractivity contribution in [2.75, 3.05) is 0 Å². The number of hydrogen-bond acceptors (Lipinski definition) is 4. The molecule has 2 amide bonds. The summed E-state index contributed by atoms with van der Waals surface area (Å²) in [6.45, 7) is 2.29. The largest absolute Gasteiger partial charge is 0.290 e. The summed E-state index contributed by atoms with van der Waals surface area (Å²) in [5.41, 5.74) is 4.67. The second kappa shape index (κ2) is 8.01. The summed E-state index contributed by atoms with van der Waals surface area (Å²) in [4.78, 5) is 37.3. The highest BCUT2D eigenvalue weighted by Gasteiger charge is 2.18. The number of amides is 2. The van der Waals surface area contributed by atoms with E-state index in [1.807, 2.05) is 6.92 Å². The quantitative estimate of drug-likeness (QED) is 0.676. The van der Waals surface area contributed by atoms with E-state index in [1.165, 1.54) is 4.68 Å². The lowest BCUT2D eigenvalue weighted by atomic mass is 10.1. The number of benzene rings is 2. The van der Waals surface area contributed by atoms with Crippen LogP contribution in [0.4, 0.5) is 0 Å². The molecule has 0 bridgehead atoms. The molecule has 3 rings (SSSR count). The number of carbonyl (C=O) groups excluding carboxylic acids is 2. The van der Waals surface area contributed by atoms with Gasteiger partial charge in [-0.25, -0.2) is 4.68 Å². The Hall–Kier alpha value is -3.19. The van der Waals surface area contributed by atoms with Crippen molar-refractivity contribution in [2.45, 2.75) is 19.9 Å². The molecule has 0 saturated carbocycles. The fourth-order valence-corrected chi connectivity index (χ4v) is 2.87. The first kappa shape index (κ1) is 18.6. The van der Waals surface area contributed by atoms with Crippen molar-refractivity contribution in [1.82, 2.24) is 20.6 Å². The number of nitrogens with zero attached hydrogens (tertiary/aromatic N) is 2. The molecule has 8 heteroatoms. The number of fused-ring (bicyclic) bond motifs is 1. The Bertz CT molecular complexity index is 1080. The first-order valence-corrected chi connectivity index (χ1v) is 8.75. The summed E-state index contributed by atoms with van der Waals surface area (Å²) >= 11 is 5.98. The van der Waals surface area contributed by atoms with Crippen LogP contribution in [0.5, 0.6) is 0 Å². The molecule has 0 spiro atoms. The van der Waals surface area contributed by atoms with Crippen LogP contribution >= 0.6 is 11.6 Å². The van der Waals surface area contributed by atoms with E-state index in [9.17, 15) is 14.4 Å². The molecular weight excluding hydrogens is 368 g/mol. The molecule has 0 atom stereocenters. The topological polar surface area (TPSA) is 93.1 Å². The SMILES string of the molecule is CCCn1nc(C(=O)NNC(=O)c2ccccc2Cl)c2ccccc2c1=O. The van der Waals surface area contributed by atoms with Gasteiger partial charge in [0.2, 0.25) is 0 Å². The van der Waals surface area contributed by atoms with Crippen LogP contribution in [0.3, 0.4) is 0 Å². The third kappa shape index (κ3) is 3.83. The summed E-state index contributed by atoms with van der Waals surface area (Å²) in [5.74, 6) is -1.18. The van der Waals surface area contributed by atoms with Crippen molar-refractivity contribution in [1.29, 1.82) is 0 Å². The maximum atomic E-state index is 12.6. The molecule has 0 radical (unpaired) electrons. The van der Waals surface area contributed by atoms with Gasteiger partial charge in [-0.15, -0.1) is 0 Å². The summed E-state index contributed by atoms with van der Waals surface area (Å²) in [7, 11) is 0. The standard InChI is InChI=1S/C19H17ClN4O3/c1-2-11-24-19(27)13-8-4-3-7-12(13)16(23-24)18(26)22-21-17(25)14-9-5-6-10-15(14)20/h3-10H,2,11H2,1H3,(H,21,25)(H,22,26). The van der Waals surface area contributed by atoms with E-state index in [2.05, 4.69) is 16.0 Å². The molecule has 1 heterocycles. The van der Waals surface area contributed by atoms with E-state index in [-0.39, 0.29) is 21.8 Å². The Morgan fingerprint density at radius 2 is 1.63 bits per heavy atom. The molecule has 0 aliphatic heterocycles. The van der Waals surface area contributed by atoms with E-state index in [4.69, 9.17) is 11.6 Å². The summed E-state index contributed by atoms with van der Waals surface area (Å²) < 4.78 is 1.26. The van der Waals surface area contributed by atoms with Gasteiger partial charge in [0.25, 0.3) is 17.4 Å². The van der Waals surface area contributed by atoms with Crippen LogP contribution in [-0.4, -0.2) is 21.6 Å².